The summed E-state index contributed by atoms with van der Waals surface area (Å²) in [6.07, 6.45) is 4.74. The first-order valence-electron chi connectivity index (χ1n) is 7.41. The van der Waals surface area contributed by atoms with Crippen molar-refractivity contribution in [3.8, 4) is 0 Å². The van der Waals surface area contributed by atoms with E-state index in [2.05, 4.69) is 50.7 Å². The average molecular weight is 283 g/mol. The molecule has 5 nitrogen and oxygen atoms in total. The second-order valence-corrected chi connectivity index (χ2v) is 5.16. The van der Waals surface area contributed by atoms with Crippen LogP contribution in [0.5, 0.6) is 0 Å². The molecule has 2 heterocycles. The number of hydrogen-bond donors (Lipinski definition) is 1. The van der Waals surface area contributed by atoms with Crippen molar-refractivity contribution in [3.05, 3.63) is 48.2 Å². The van der Waals surface area contributed by atoms with E-state index < -0.39 is 0 Å². The molecule has 0 spiro atoms. The van der Waals surface area contributed by atoms with Crippen molar-refractivity contribution >= 4 is 10.9 Å². The molecule has 0 aliphatic carbocycles. The van der Waals surface area contributed by atoms with E-state index in [0.29, 0.717) is 0 Å². The highest BCUT2D eigenvalue weighted by molar-refractivity contribution is 5.81. The Balaban J connectivity index is 1.64. The molecular formula is C16H21N5. The summed E-state index contributed by atoms with van der Waals surface area (Å²) in [6.45, 7) is 4.71. The quantitative estimate of drug-likeness (QED) is 0.705. The van der Waals surface area contributed by atoms with Crippen LogP contribution in [0.25, 0.3) is 10.9 Å². The van der Waals surface area contributed by atoms with Crippen molar-refractivity contribution in [1.82, 2.24) is 24.6 Å². The molecule has 1 N–H and O–H groups in total. The lowest BCUT2D eigenvalue weighted by Crippen LogP contribution is -2.18. The fourth-order valence-corrected chi connectivity index (χ4v) is 2.61. The third kappa shape index (κ3) is 2.83. The summed E-state index contributed by atoms with van der Waals surface area (Å²) in [5.41, 5.74) is 2.33. The van der Waals surface area contributed by atoms with Crippen molar-refractivity contribution in [2.75, 3.05) is 6.54 Å². The topological polar surface area (TPSA) is 47.7 Å². The van der Waals surface area contributed by atoms with E-state index in [9.17, 15) is 0 Å². The van der Waals surface area contributed by atoms with E-state index in [1.807, 2.05) is 19.4 Å². The van der Waals surface area contributed by atoms with Crippen LogP contribution >= 0.6 is 0 Å². The summed E-state index contributed by atoms with van der Waals surface area (Å²) >= 11 is 0. The van der Waals surface area contributed by atoms with E-state index in [1.165, 1.54) is 10.9 Å². The molecule has 0 saturated carbocycles. The molecule has 0 unspecified atom stereocenters. The summed E-state index contributed by atoms with van der Waals surface area (Å²) in [7, 11) is 2.03. The standard InChI is InChI=1S/C16H21N5/c1-3-21-15-7-5-4-6-13(15)14(19-21)12-17-9-8-16-18-10-11-20(16)2/h4-7,10-11,17H,3,8-9,12H2,1-2H3. The first-order chi connectivity index (χ1) is 10.3. The zero-order valence-corrected chi connectivity index (χ0v) is 12.6. The highest BCUT2D eigenvalue weighted by Crippen LogP contribution is 2.18. The van der Waals surface area contributed by atoms with Gasteiger partial charge in [-0.3, -0.25) is 4.68 Å². The second-order valence-electron chi connectivity index (χ2n) is 5.16. The number of nitrogens with one attached hydrogen (secondary N) is 1. The van der Waals surface area contributed by atoms with Gasteiger partial charge in [0.15, 0.2) is 0 Å². The minimum Gasteiger partial charge on any atom is -0.338 e. The molecule has 0 saturated heterocycles. The maximum absolute atomic E-state index is 4.69. The Morgan fingerprint density at radius 3 is 2.86 bits per heavy atom. The predicted octanol–water partition coefficient (Wildman–Crippen LogP) is 2.12. The van der Waals surface area contributed by atoms with Gasteiger partial charge in [-0.15, -0.1) is 0 Å². The fourth-order valence-electron chi connectivity index (χ4n) is 2.61. The van der Waals surface area contributed by atoms with E-state index in [1.54, 1.807) is 0 Å². The molecule has 2 aromatic heterocycles. The first-order valence-corrected chi connectivity index (χ1v) is 7.41. The van der Waals surface area contributed by atoms with Gasteiger partial charge in [-0.1, -0.05) is 18.2 Å². The normalized spacial score (nSPS) is 11.3. The summed E-state index contributed by atoms with van der Waals surface area (Å²) < 4.78 is 4.12. The highest BCUT2D eigenvalue weighted by atomic mass is 15.3. The Labute approximate surface area is 124 Å². The fraction of sp³-hybridized carbons (Fsp3) is 0.375. The van der Waals surface area contributed by atoms with Crippen LogP contribution in [-0.4, -0.2) is 25.9 Å². The second kappa shape index (κ2) is 6.10. The number of hydrogen-bond acceptors (Lipinski definition) is 3. The zero-order valence-electron chi connectivity index (χ0n) is 12.6. The molecule has 21 heavy (non-hydrogen) atoms. The van der Waals surface area contributed by atoms with Gasteiger partial charge in [0.05, 0.1) is 11.2 Å². The van der Waals surface area contributed by atoms with Crippen LogP contribution in [0, 0.1) is 0 Å². The number of aromatic nitrogens is 4. The maximum atomic E-state index is 4.69. The van der Waals surface area contributed by atoms with Crippen molar-refractivity contribution in [3.63, 3.8) is 0 Å². The van der Waals surface area contributed by atoms with Gasteiger partial charge < -0.3 is 9.88 Å². The van der Waals surface area contributed by atoms with Crippen molar-refractivity contribution in [2.24, 2.45) is 7.05 Å². The summed E-state index contributed by atoms with van der Waals surface area (Å²) in [4.78, 5) is 4.33. The van der Waals surface area contributed by atoms with Gasteiger partial charge in [0, 0.05) is 50.9 Å². The lowest BCUT2D eigenvalue weighted by Gasteiger charge is -2.03. The van der Waals surface area contributed by atoms with E-state index >= 15 is 0 Å². The number of para-hydroxylation sites is 1. The maximum Gasteiger partial charge on any atom is 0.109 e. The summed E-state index contributed by atoms with van der Waals surface area (Å²) in [5.74, 6) is 1.10. The van der Waals surface area contributed by atoms with E-state index in [4.69, 9.17) is 5.10 Å². The SMILES string of the molecule is CCn1nc(CNCCc2nccn2C)c2ccccc21. The number of nitrogens with zero attached hydrogens (tertiary/aromatic N) is 4. The number of imidazole rings is 1. The van der Waals surface area contributed by atoms with Gasteiger partial charge >= 0.3 is 0 Å². The highest BCUT2D eigenvalue weighted by Gasteiger charge is 2.08. The largest absolute Gasteiger partial charge is 0.338 e. The molecule has 0 atom stereocenters. The lowest BCUT2D eigenvalue weighted by atomic mass is 10.2. The number of rotatable bonds is 6. The molecule has 3 aromatic rings. The molecule has 0 bridgehead atoms. The number of fused-ring (bicyclic) bond motifs is 1. The monoisotopic (exact) mass is 283 g/mol. The molecule has 110 valence electrons. The van der Waals surface area contributed by atoms with Crippen LogP contribution in [0.2, 0.25) is 0 Å². The first kappa shape index (κ1) is 13.8. The van der Waals surface area contributed by atoms with Gasteiger partial charge in [0.25, 0.3) is 0 Å². The van der Waals surface area contributed by atoms with Gasteiger partial charge in [0.1, 0.15) is 5.82 Å². The Morgan fingerprint density at radius 1 is 1.24 bits per heavy atom. The zero-order chi connectivity index (χ0) is 14.7. The average Bonchev–Trinajstić information content (AvgIpc) is 3.08. The summed E-state index contributed by atoms with van der Waals surface area (Å²) in [6, 6.07) is 8.41. The molecule has 0 fully saturated rings. The third-order valence-electron chi connectivity index (χ3n) is 3.77. The minimum absolute atomic E-state index is 0.790. The molecule has 0 amide bonds. The molecule has 3 rings (SSSR count). The van der Waals surface area contributed by atoms with Crippen LogP contribution in [0.1, 0.15) is 18.4 Å². The Kier molecular flexibility index (Phi) is 4.01. The van der Waals surface area contributed by atoms with Crippen LogP contribution in [0.4, 0.5) is 0 Å². The minimum atomic E-state index is 0.790. The van der Waals surface area contributed by atoms with Crippen molar-refractivity contribution in [1.29, 1.82) is 0 Å². The molecular weight excluding hydrogens is 262 g/mol. The van der Waals surface area contributed by atoms with Crippen LogP contribution in [0.3, 0.4) is 0 Å². The number of aryl methyl sites for hydroxylation is 2. The Bertz CT molecular complexity index is 725. The molecule has 0 aliphatic rings. The van der Waals surface area contributed by atoms with E-state index in [-0.39, 0.29) is 0 Å². The summed E-state index contributed by atoms with van der Waals surface area (Å²) in [5, 5.41) is 9.40. The lowest BCUT2D eigenvalue weighted by molar-refractivity contribution is 0.620. The van der Waals surface area contributed by atoms with Crippen molar-refractivity contribution < 1.29 is 0 Å². The predicted molar refractivity (Wildman–Crippen MR) is 84.0 cm³/mol. The Morgan fingerprint density at radius 2 is 2.10 bits per heavy atom. The molecule has 0 radical (unpaired) electrons. The van der Waals surface area contributed by atoms with E-state index in [0.717, 1.165) is 37.6 Å². The van der Waals surface area contributed by atoms with Crippen LogP contribution in [-0.2, 0) is 26.6 Å². The van der Waals surface area contributed by atoms with Gasteiger partial charge in [-0.25, -0.2) is 4.98 Å². The van der Waals surface area contributed by atoms with Gasteiger partial charge in [-0.05, 0) is 13.0 Å². The molecule has 5 heteroatoms. The molecule has 1 aromatic carbocycles. The smallest absolute Gasteiger partial charge is 0.109 e. The van der Waals surface area contributed by atoms with Crippen LogP contribution < -0.4 is 5.32 Å². The Hall–Kier alpha value is -2.14. The van der Waals surface area contributed by atoms with Crippen LogP contribution in [0.15, 0.2) is 36.7 Å². The number of benzene rings is 1. The molecule has 0 aliphatic heterocycles. The van der Waals surface area contributed by atoms with Crippen molar-refractivity contribution in [2.45, 2.75) is 26.4 Å². The third-order valence-corrected chi connectivity index (χ3v) is 3.77. The van der Waals surface area contributed by atoms with Gasteiger partial charge in [-0.2, -0.15) is 5.10 Å². The van der Waals surface area contributed by atoms with Gasteiger partial charge in [0.2, 0.25) is 0 Å².